The molecule has 6 heteroatoms. The minimum absolute atomic E-state index is 0.0701. The second kappa shape index (κ2) is 11.3. The lowest BCUT2D eigenvalue weighted by Crippen LogP contribution is -2.22. The van der Waals surface area contributed by atoms with E-state index in [1.54, 1.807) is 18.3 Å². The lowest BCUT2D eigenvalue weighted by molar-refractivity contribution is -0.131. The van der Waals surface area contributed by atoms with E-state index in [-0.39, 0.29) is 23.9 Å². The molecule has 0 atom stereocenters. The van der Waals surface area contributed by atoms with E-state index in [0.717, 1.165) is 44.5 Å². The number of carboxylic acid groups (broad SMARTS) is 1. The molecule has 0 aliphatic heterocycles. The molecule has 0 amide bonds. The summed E-state index contributed by atoms with van der Waals surface area (Å²) in [4.78, 5) is 12.1. The maximum Gasteiger partial charge on any atom is 0.328 e. The Morgan fingerprint density at radius 2 is 1.73 bits per heavy atom. The molecule has 0 radical (unpaired) electrons. The molecule has 1 N–H and O–H groups in total. The minimum Gasteiger partial charge on any atom is -0.492 e. The average molecular weight is 529 g/mol. The Kier molecular flexibility index (Phi) is 8.84. The van der Waals surface area contributed by atoms with Crippen LogP contribution in [0.3, 0.4) is 0 Å². The Morgan fingerprint density at radius 3 is 2.32 bits per heavy atom. The SMILES string of the molecule is CCC(C)(C)c1cc(-c2cccc3sc(C(C)=CC(=O)O)cc23)c(OCCC(F)F)c(C(C)(C)CC)c1. The van der Waals surface area contributed by atoms with Crippen molar-refractivity contribution in [1.82, 2.24) is 0 Å². The second-order valence-corrected chi connectivity index (χ2v) is 12.0. The van der Waals surface area contributed by atoms with Crippen LogP contribution in [0.2, 0.25) is 0 Å². The molecule has 0 bridgehead atoms. The van der Waals surface area contributed by atoms with Gasteiger partial charge in [0.1, 0.15) is 5.75 Å². The number of carbonyl (C=O) groups is 1. The van der Waals surface area contributed by atoms with Crippen molar-refractivity contribution in [1.29, 1.82) is 0 Å². The molecule has 0 aliphatic carbocycles. The molecule has 0 aliphatic rings. The normalized spacial score (nSPS) is 13.0. The monoisotopic (exact) mass is 528 g/mol. The molecular formula is C31H38F2O3S. The van der Waals surface area contributed by atoms with Crippen LogP contribution in [0.25, 0.3) is 26.8 Å². The van der Waals surface area contributed by atoms with Crippen molar-refractivity contribution in [2.45, 2.75) is 85.0 Å². The third kappa shape index (κ3) is 6.40. The average Bonchev–Trinajstić information content (AvgIpc) is 3.28. The van der Waals surface area contributed by atoms with Gasteiger partial charge >= 0.3 is 5.97 Å². The maximum atomic E-state index is 13.1. The standard InChI is InChI=1S/C31H38F2O3S/c1-8-30(4,5)20-16-23(29(36-14-13-27(32)33)24(17-20)31(6,7)9-2)21-11-10-12-25-22(21)18-26(37-25)19(3)15-28(34)35/h10-12,15-18,27H,8-9,13-14H2,1-7H3,(H,34,35). The fraction of sp³-hybridized carbons (Fsp3) is 0.452. The van der Waals surface area contributed by atoms with Gasteiger partial charge in [-0.15, -0.1) is 11.3 Å². The molecule has 0 fully saturated rings. The maximum absolute atomic E-state index is 13.1. The first-order valence-corrected chi connectivity index (χ1v) is 13.7. The summed E-state index contributed by atoms with van der Waals surface area (Å²) < 4.78 is 33.4. The number of benzene rings is 2. The highest BCUT2D eigenvalue weighted by Crippen LogP contribution is 2.47. The van der Waals surface area contributed by atoms with Gasteiger partial charge in [-0.3, -0.25) is 0 Å². The van der Waals surface area contributed by atoms with Crippen molar-refractivity contribution in [3.8, 4) is 16.9 Å². The van der Waals surface area contributed by atoms with Crippen LogP contribution < -0.4 is 4.74 Å². The summed E-state index contributed by atoms with van der Waals surface area (Å²) in [6.07, 6.45) is 0.251. The van der Waals surface area contributed by atoms with Gasteiger partial charge in [0.05, 0.1) is 6.61 Å². The first-order valence-electron chi connectivity index (χ1n) is 12.8. The van der Waals surface area contributed by atoms with Gasteiger partial charge in [0.25, 0.3) is 0 Å². The van der Waals surface area contributed by atoms with Crippen LogP contribution in [0.1, 0.15) is 83.7 Å². The summed E-state index contributed by atoms with van der Waals surface area (Å²) in [5, 5.41) is 10.2. The molecule has 1 heterocycles. The molecule has 0 saturated heterocycles. The fourth-order valence-electron chi connectivity index (χ4n) is 4.27. The van der Waals surface area contributed by atoms with Crippen molar-refractivity contribution in [2.75, 3.05) is 6.61 Å². The smallest absolute Gasteiger partial charge is 0.328 e. The molecule has 1 aromatic heterocycles. The molecule has 0 unspecified atom stereocenters. The Morgan fingerprint density at radius 1 is 1.05 bits per heavy atom. The van der Waals surface area contributed by atoms with Gasteiger partial charge in [0.15, 0.2) is 0 Å². The van der Waals surface area contributed by atoms with Gasteiger partial charge in [-0.05, 0) is 65.5 Å². The van der Waals surface area contributed by atoms with E-state index in [0.29, 0.717) is 11.3 Å². The Hall–Kier alpha value is -2.73. The van der Waals surface area contributed by atoms with Gasteiger partial charge < -0.3 is 9.84 Å². The van der Waals surface area contributed by atoms with E-state index in [4.69, 9.17) is 4.74 Å². The van der Waals surface area contributed by atoms with Crippen molar-refractivity contribution >= 4 is 33.0 Å². The van der Waals surface area contributed by atoms with E-state index < -0.39 is 12.4 Å². The molecule has 0 spiro atoms. The number of rotatable bonds is 11. The summed E-state index contributed by atoms with van der Waals surface area (Å²) >= 11 is 1.54. The second-order valence-electron chi connectivity index (χ2n) is 10.9. The number of halogens is 2. The van der Waals surface area contributed by atoms with Crippen molar-refractivity contribution in [2.24, 2.45) is 0 Å². The number of hydrogen-bond donors (Lipinski definition) is 1. The van der Waals surface area contributed by atoms with Crippen LogP contribution in [0, 0.1) is 0 Å². The zero-order valence-electron chi connectivity index (χ0n) is 22.9. The number of hydrogen-bond acceptors (Lipinski definition) is 3. The molecule has 3 nitrogen and oxygen atoms in total. The lowest BCUT2D eigenvalue weighted by Gasteiger charge is -2.32. The number of carboxylic acids is 1. The van der Waals surface area contributed by atoms with Crippen molar-refractivity contribution in [3.05, 3.63) is 58.5 Å². The molecule has 200 valence electrons. The minimum atomic E-state index is -2.43. The van der Waals surface area contributed by atoms with Crippen LogP contribution in [0.4, 0.5) is 8.78 Å². The summed E-state index contributed by atoms with van der Waals surface area (Å²) in [5.74, 6) is -0.327. The number of alkyl halides is 2. The summed E-state index contributed by atoms with van der Waals surface area (Å²) in [5.41, 5.74) is 4.40. The third-order valence-corrected chi connectivity index (χ3v) is 8.77. The molecule has 37 heavy (non-hydrogen) atoms. The van der Waals surface area contributed by atoms with Gasteiger partial charge in [-0.1, -0.05) is 59.7 Å². The first-order chi connectivity index (χ1) is 17.3. The van der Waals surface area contributed by atoms with E-state index in [1.807, 2.05) is 24.3 Å². The highest BCUT2D eigenvalue weighted by atomic mass is 32.1. The number of thiophene rings is 1. The van der Waals surface area contributed by atoms with Crippen LogP contribution in [-0.4, -0.2) is 24.1 Å². The molecular weight excluding hydrogens is 490 g/mol. The molecule has 0 saturated carbocycles. The quantitative estimate of drug-likeness (QED) is 0.252. The molecule has 3 rings (SSSR count). The van der Waals surface area contributed by atoms with Gasteiger partial charge in [0.2, 0.25) is 6.43 Å². The van der Waals surface area contributed by atoms with E-state index in [9.17, 15) is 18.7 Å². The Labute approximate surface area is 223 Å². The summed E-state index contributed by atoms with van der Waals surface area (Å²) in [7, 11) is 0. The van der Waals surface area contributed by atoms with Crippen molar-refractivity contribution < 1.29 is 23.4 Å². The Bertz CT molecular complexity index is 1300. The van der Waals surface area contributed by atoms with Gasteiger partial charge in [-0.2, -0.15) is 0 Å². The van der Waals surface area contributed by atoms with Crippen LogP contribution in [-0.2, 0) is 15.6 Å². The van der Waals surface area contributed by atoms with Gasteiger partial charge in [-0.25, -0.2) is 13.6 Å². The fourth-order valence-corrected chi connectivity index (χ4v) is 5.33. The zero-order valence-corrected chi connectivity index (χ0v) is 23.7. The highest BCUT2D eigenvalue weighted by molar-refractivity contribution is 7.20. The topological polar surface area (TPSA) is 46.5 Å². The van der Waals surface area contributed by atoms with E-state index >= 15 is 0 Å². The van der Waals surface area contributed by atoms with Crippen molar-refractivity contribution in [3.63, 3.8) is 0 Å². The van der Waals surface area contributed by atoms with E-state index in [2.05, 4.69) is 53.7 Å². The third-order valence-electron chi connectivity index (χ3n) is 7.53. The lowest BCUT2D eigenvalue weighted by atomic mass is 9.74. The number of ether oxygens (including phenoxy) is 1. The summed E-state index contributed by atoms with van der Waals surface area (Å²) in [6.45, 7) is 14.8. The zero-order chi connectivity index (χ0) is 27.5. The predicted molar refractivity (Wildman–Crippen MR) is 151 cm³/mol. The molecule has 3 aromatic rings. The Balaban J connectivity index is 2.37. The van der Waals surface area contributed by atoms with Crippen LogP contribution in [0.15, 0.2) is 42.5 Å². The van der Waals surface area contributed by atoms with Crippen LogP contribution >= 0.6 is 11.3 Å². The predicted octanol–water partition coefficient (Wildman–Crippen LogP) is 9.47. The number of allylic oxidation sites excluding steroid dienone is 1. The number of aliphatic carboxylic acids is 1. The van der Waals surface area contributed by atoms with Gasteiger partial charge in [0, 0.05) is 38.6 Å². The summed E-state index contributed by atoms with van der Waals surface area (Å²) in [6, 6.07) is 12.4. The van der Waals surface area contributed by atoms with E-state index in [1.165, 1.54) is 11.6 Å². The van der Waals surface area contributed by atoms with Crippen LogP contribution in [0.5, 0.6) is 5.75 Å². The highest BCUT2D eigenvalue weighted by Gasteiger charge is 2.30. The molecule has 2 aromatic carbocycles. The first kappa shape index (κ1) is 28.8. The number of fused-ring (bicyclic) bond motifs is 1. The largest absolute Gasteiger partial charge is 0.492 e.